The van der Waals surface area contributed by atoms with E-state index in [9.17, 15) is 0 Å². The molecular formula is C12H23N3. The van der Waals surface area contributed by atoms with Crippen LogP contribution in [0.4, 0.5) is 0 Å². The van der Waals surface area contributed by atoms with Crippen LogP contribution in [-0.2, 0) is 0 Å². The van der Waals surface area contributed by atoms with Crippen LogP contribution < -0.4 is 0 Å². The lowest BCUT2D eigenvalue weighted by atomic mass is 10.3. The molecule has 0 aromatic carbocycles. The summed E-state index contributed by atoms with van der Waals surface area (Å²) in [4.78, 5) is 2.17. The molecule has 0 bridgehead atoms. The molecule has 15 heavy (non-hydrogen) atoms. The molecule has 0 N–H and O–H groups in total. The summed E-state index contributed by atoms with van der Waals surface area (Å²) in [5.74, 6) is 1.30. The van der Waals surface area contributed by atoms with Gasteiger partial charge in [0.25, 0.3) is 0 Å². The summed E-state index contributed by atoms with van der Waals surface area (Å²) in [6, 6.07) is 0.492. The van der Waals surface area contributed by atoms with Gasteiger partial charge in [-0.25, -0.2) is 5.01 Å². The summed E-state index contributed by atoms with van der Waals surface area (Å²) in [5.41, 5.74) is 0. The topological polar surface area (TPSA) is 9.72 Å². The lowest BCUT2D eigenvalue weighted by Gasteiger charge is -2.33. The minimum Gasteiger partial charge on any atom is -0.364 e. The quantitative estimate of drug-likeness (QED) is 0.506. The average Bonchev–Trinajstić information content (AvgIpc) is 2.46. The standard InChI is InChI=1S/C12H23N3/c1-6-7-8-9-15-12(13(3)4)10-11(2)14(15)5/h6,10-11H,1,7-9H2,2-5H3. The molecule has 0 aliphatic carbocycles. The van der Waals surface area contributed by atoms with E-state index in [4.69, 9.17) is 0 Å². The molecule has 0 aromatic rings. The van der Waals surface area contributed by atoms with Gasteiger partial charge in [0.05, 0.1) is 0 Å². The number of hydrazine groups is 1. The Balaban J connectivity index is 2.59. The van der Waals surface area contributed by atoms with E-state index in [-0.39, 0.29) is 0 Å². The highest BCUT2D eigenvalue weighted by atomic mass is 15.7. The molecule has 1 unspecified atom stereocenters. The monoisotopic (exact) mass is 209 g/mol. The zero-order chi connectivity index (χ0) is 11.4. The molecule has 0 aromatic heterocycles. The summed E-state index contributed by atoms with van der Waals surface area (Å²) >= 11 is 0. The van der Waals surface area contributed by atoms with Crippen LogP contribution >= 0.6 is 0 Å². The van der Waals surface area contributed by atoms with Gasteiger partial charge in [0.2, 0.25) is 0 Å². The number of nitrogens with zero attached hydrogens (tertiary/aromatic N) is 3. The minimum atomic E-state index is 0.492. The second-order valence-corrected chi connectivity index (χ2v) is 4.29. The molecule has 0 radical (unpaired) electrons. The van der Waals surface area contributed by atoms with Crippen molar-refractivity contribution in [1.29, 1.82) is 0 Å². The predicted octanol–water partition coefficient (Wildman–Crippen LogP) is 1.91. The fraction of sp³-hybridized carbons (Fsp3) is 0.667. The Morgan fingerprint density at radius 3 is 2.73 bits per heavy atom. The SMILES string of the molecule is C=CCCCN1C(N(C)C)=CC(C)N1C. The van der Waals surface area contributed by atoms with Gasteiger partial charge >= 0.3 is 0 Å². The predicted molar refractivity (Wildman–Crippen MR) is 65.1 cm³/mol. The minimum absolute atomic E-state index is 0.492. The van der Waals surface area contributed by atoms with Crippen LogP contribution in [0.1, 0.15) is 19.8 Å². The smallest absolute Gasteiger partial charge is 0.116 e. The fourth-order valence-corrected chi connectivity index (χ4v) is 1.83. The van der Waals surface area contributed by atoms with Gasteiger partial charge in [-0.3, -0.25) is 5.01 Å². The molecule has 0 saturated carbocycles. The summed E-state index contributed by atoms with van der Waals surface area (Å²) < 4.78 is 0. The van der Waals surface area contributed by atoms with E-state index >= 15 is 0 Å². The Kier molecular flexibility index (Phi) is 4.21. The van der Waals surface area contributed by atoms with Crippen molar-refractivity contribution in [2.45, 2.75) is 25.8 Å². The van der Waals surface area contributed by atoms with Crippen molar-refractivity contribution >= 4 is 0 Å². The molecule has 0 amide bonds. The molecule has 3 nitrogen and oxygen atoms in total. The summed E-state index contributed by atoms with van der Waals surface area (Å²) in [7, 11) is 6.34. The Morgan fingerprint density at radius 1 is 1.53 bits per heavy atom. The second-order valence-electron chi connectivity index (χ2n) is 4.29. The molecule has 1 rings (SSSR count). The van der Waals surface area contributed by atoms with E-state index in [2.05, 4.69) is 55.6 Å². The molecule has 1 heterocycles. The fourth-order valence-electron chi connectivity index (χ4n) is 1.83. The van der Waals surface area contributed by atoms with Crippen molar-refractivity contribution in [3.63, 3.8) is 0 Å². The van der Waals surface area contributed by atoms with Gasteiger partial charge in [0.1, 0.15) is 5.82 Å². The Morgan fingerprint density at radius 2 is 2.20 bits per heavy atom. The van der Waals surface area contributed by atoms with Crippen LogP contribution in [0.5, 0.6) is 0 Å². The maximum absolute atomic E-state index is 3.76. The summed E-state index contributed by atoms with van der Waals surface area (Å²) in [5, 5.41) is 4.63. The molecule has 1 aliphatic heterocycles. The third kappa shape index (κ3) is 2.75. The van der Waals surface area contributed by atoms with Crippen molar-refractivity contribution in [1.82, 2.24) is 14.9 Å². The third-order valence-electron chi connectivity index (χ3n) is 2.86. The van der Waals surface area contributed by atoms with Crippen molar-refractivity contribution in [3.8, 4) is 0 Å². The maximum Gasteiger partial charge on any atom is 0.116 e. The van der Waals surface area contributed by atoms with E-state index in [1.165, 1.54) is 5.82 Å². The summed E-state index contributed by atoms with van der Waals surface area (Å²) in [6.07, 6.45) is 6.53. The van der Waals surface area contributed by atoms with Crippen LogP contribution in [0.15, 0.2) is 24.6 Å². The molecule has 1 aliphatic rings. The van der Waals surface area contributed by atoms with E-state index in [1.807, 2.05) is 6.08 Å². The van der Waals surface area contributed by atoms with Crippen LogP contribution in [0.3, 0.4) is 0 Å². The summed E-state index contributed by atoms with van der Waals surface area (Å²) in [6.45, 7) is 7.04. The van der Waals surface area contributed by atoms with Crippen LogP contribution in [-0.4, -0.2) is 48.6 Å². The van der Waals surface area contributed by atoms with Crippen LogP contribution in [0.25, 0.3) is 0 Å². The van der Waals surface area contributed by atoms with E-state index in [1.54, 1.807) is 0 Å². The van der Waals surface area contributed by atoms with E-state index in [0.717, 1.165) is 19.4 Å². The average molecular weight is 209 g/mol. The van der Waals surface area contributed by atoms with Gasteiger partial charge in [-0.05, 0) is 25.8 Å². The van der Waals surface area contributed by atoms with E-state index < -0.39 is 0 Å². The highest BCUT2D eigenvalue weighted by molar-refractivity contribution is 5.09. The molecule has 86 valence electrons. The zero-order valence-electron chi connectivity index (χ0n) is 10.4. The number of rotatable bonds is 5. The molecule has 0 saturated heterocycles. The zero-order valence-corrected chi connectivity index (χ0v) is 10.4. The van der Waals surface area contributed by atoms with Gasteiger partial charge in [-0.15, -0.1) is 6.58 Å². The van der Waals surface area contributed by atoms with Crippen molar-refractivity contribution in [2.75, 3.05) is 27.7 Å². The lowest BCUT2D eigenvalue weighted by molar-refractivity contribution is 0.0194. The Hall–Kier alpha value is -0.960. The van der Waals surface area contributed by atoms with Crippen LogP contribution in [0, 0.1) is 0 Å². The highest BCUT2D eigenvalue weighted by Crippen LogP contribution is 2.22. The van der Waals surface area contributed by atoms with Gasteiger partial charge < -0.3 is 4.90 Å². The normalized spacial score (nSPS) is 21.7. The van der Waals surface area contributed by atoms with Crippen LogP contribution in [0.2, 0.25) is 0 Å². The first-order valence-corrected chi connectivity index (χ1v) is 5.58. The number of unbranched alkanes of at least 4 members (excludes halogenated alkanes) is 1. The van der Waals surface area contributed by atoms with Crippen molar-refractivity contribution in [3.05, 3.63) is 24.6 Å². The molecule has 0 spiro atoms. The van der Waals surface area contributed by atoms with Gasteiger partial charge in [0, 0.05) is 33.7 Å². The van der Waals surface area contributed by atoms with Gasteiger partial charge in [-0.2, -0.15) is 0 Å². The first kappa shape index (κ1) is 12.1. The van der Waals surface area contributed by atoms with Crippen molar-refractivity contribution in [2.24, 2.45) is 0 Å². The van der Waals surface area contributed by atoms with Gasteiger partial charge in [-0.1, -0.05) is 6.08 Å². The lowest BCUT2D eigenvalue weighted by Crippen LogP contribution is -2.41. The first-order valence-electron chi connectivity index (χ1n) is 5.58. The highest BCUT2D eigenvalue weighted by Gasteiger charge is 2.26. The largest absolute Gasteiger partial charge is 0.364 e. The molecular weight excluding hydrogens is 186 g/mol. The number of hydrogen-bond acceptors (Lipinski definition) is 3. The molecule has 3 heteroatoms. The number of allylic oxidation sites excluding steroid dienone is 1. The molecule has 1 atom stereocenters. The third-order valence-corrected chi connectivity index (χ3v) is 2.86. The molecule has 0 fully saturated rings. The number of likely N-dealkylation sites (N-methyl/N-ethyl adjacent to an activating group) is 1. The van der Waals surface area contributed by atoms with Gasteiger partial charge in [0.15, 0.2) is 0 Å². The maximum atomic E-state index is 3.76. The Labute approximate surface area is 93.6 Å². The Bertz CT molecular complexity index is 245. The van der Waals surface area contributed by atoms with E-state index in [0.29, 0.717) is 6.04 Å². The first-order chi connectivity index (χ1) is 7.07. The van der Waals surface area contributed by atoms with Crippen molar-refractivity contribution < 1.29 is 0 Å². The second kappa shape index (κ2) is 5.21. The number of hydrogen-bond donors (Lipinski definition) is 0.